The maximum atomic E-state index is 11.1. The Labute approximate surface area is 160 Å². The summed E-state index contributed by atoms with van der Waals surface area (Å²) >= 11 is 0. The van der Waals surface area contributed by atoms with Crippen LogP contribution in [0.25, 0.3) is 0 Å². The Balaban J connectivity index is 1.77. The minimum atomic E-state index is -3.23. The monoisotopic (exact) mass is 412 g/mol. The van der Waals surface area contributed by atoms with Crippen molar-refractivity contribution in [3.05, 3.63) is 59.7 Å². The van der Waals surface area contributed by atoms with E-state index in [1.54, 1.807) is 48.5 Å². The van der Waals surface area contributed by atoms with Crippen LogP contribution in [0.5, 0.6) is 11.5 Å². The van der Waals surface area contributed by atoms with Gasteiger partial charge in [-0.1, -0.05) is 24.3 Å². The van der Waals surface area contributed by atoms with Crippen LogP contribution >= 0.6 is 0 Å². The van der Waals surface area contributed by atoms with E-state index in [9.17, 15) is 16.8 Å². The largest absolute Gasteiger partial charge is 0.576 e. The van der Waals surface area contributed by atoms with Gasteiger partial charge < -0.3 is 9.31 Å². The second kappa shape index (κ2) is 9.22. The van der Waals surface area contributed by atoms with Crippen LogP contribution in [-0.4, -0.2) is 37.0 Å². The Morgan fingerprint density at radius 3 is 1.33 bits per heavy atom. The first kappa shape index (κ1) is 21.2. The van der Waals surface area contributed by atoms with E-state index in [4.69, 9.17) is 9.31 Å². The van der Waals surface area contributed by atoms with Crippen LogP contribution in [-0.2, 0) is 33.1 Å². The smallest absolute Gasteiger partial charge is 0.529 e. The van der Waals surface area contributed by atoms with Gasteiger partial charge in [-0.15, -0.1) is 0 Å². The minimum absolute atomic E-state index is 0.00186. The fourth-order valence-electron chi connectivity index (χ4n) is 2.00. The van der Waals surface area contributed by atoms with Gasteiger partial charge in [-0.05, 0) is 35.4 Å². The summed E-state index contributed by atoms with van der Waals surface area (Å²) in [7, 11) is -6.45. The first-order valence-corrected chi connectivity index (χ1v) is 11.7. The van der Waals surface area contributed by atoms with Crippen molar-refractivity contribution in [2.24, 2.45) is 0 Å². The average Bonchev–Trinajstić information content (AvgIpc) is 2.59. The molecule has 2 aromatic carbocycles. The van der Waals surface area contributed by atoms with Gasteiger partial charge in [0.05, 0.1) is 12.5 Å². The fraction of sp³-hybridized carbons (Fsp3) is 0.250. The lowest BCUT2D eigenvalue weighted by atomic mass is 10.2. The number of hydrogen-bond donors (Lipinski definition) is 2. The zero-order chi connectivity index (χ0) is 19.9. The van der Waals surface area contributed by atoms with Crippen LogP contribution in [0.4, 0.5) is 0 Å². The van der Waals surface area contributed by atoms with Crippen molar-refractivity contribution in [3.63, 3.8) is 0 Å². The highest BCUT2D eigenvalue weighted by Gasteiger charge is 2.04. The molecule has 0 atom stereocenters. The molecule has 0 saturated heterocycles. The molecule has 27 heavy (non-hydrogen) atoms. The Bertz CT molecular complexity index is 866. The van der Waals surface area contributed by atoms with E-state index in [2.05, 4.69) is 9.44 Å². The third kappa shape index (κ3) is 8.91. The summed E-state index contributed by atoms with van der Waals surface area (Å²) in [4.78, 5) is 0. The van der Waals surface area contributed by atoms with Gasteiger partial charge in [0.2, 0.25) is 20.0 Å². The zero-order valence-corrected chi connectivity index (χ0v) is 16.6. The molecule has 0 aliphatic rings. The predicted octanol–water partition coefficient (Wildman–Crippen LogP) is 0.509. The Hall–Kier alpha value is -2.08. The molecule has 0 radical (unpaired) electrons. The van der Waals surface area contributed by atoms with Gasteiger partial charge in [0.1, 0.15) is 11.5 Å². The second-order valence-electron chi connectivity index (χ2n) is 5.88. The molecule has 2 N–H and O–H groups in total. The first-order valence-electron chi connectivity index (χ1n) is 7.93. The van der Waals surface area contributed by atoms with E-state index in [0.717, 1.165) is 23.6 Å². The van der Waals surface area contributed by atoms with Crippen molar-refractivity contribution in [1.29, 1.82) is 0 Å². The van der Waals surface area contributed by atoms with E-state index >= 15 is 0 Å². The van der Waals surface area contributed by atoms with Crippen LogP contribution in [0.15, 0.2) is 48.5 Å². The van der Waals surface area contributed by atoms with E-state index in [-0.39, 0.29) is 20.8 Å². The summed E-state index contributed by atoms with van der Waals surface area (Å²) in [5.74, 6) is 1.18. The van der Waals surface area contributed by atoms with Crippen LogP contribution in [0.3, 0.4) is 0 Å². The molecule has 0 fully saturated rings. The van der Waals surface area contributed by atoms with Gasteiger partial charge in [0.25, 0.3) is 0 Å². The minimum Gasteiger partial charge on any atom is -0.529 e. The van der Waals surface area contributed by atoms with Crippen LogP contribution < -0.4 is 18.8 Å². The summed E-state index contributed by atoms with van der Waals surface area (Å²) in [5.41, 5.74) is 1.62. The van der Waals surface area contributed by atoms with Crippen molar-refractivity contribution in [2.75, 3.05) is 12.5 Å². The SMILES string of the molecule is CS(=O)(=O)NCc1ccc(OBOc2ccc(CNS(C)(=O)=O)cc2)cc1. The topological polar surface area (TPSA) is 111 Å². The molecular formula is C16H21BN2O6S2. The van der Waals surface area contributed by atoms with E-state index < -0.39 is 20.0 Å². The summed E-state index contributed by atoms with van der Waals surface area (Å²) in [6.45, 7) is 0.437. The van der Waals surface area contributed by atoms with Crippen LogP contribution in [0, 0.1) is 0 Å². The number of sulfonamides is 2. The van der Waals surface area contributed by atoms with E-state index in [0.29, 0.717) is 11.5 Å². The van der Waals surface area contributed by atoms with E-state index in [1.165, 1.54) is 0 Å². The van der Waals surface area contributed by atoms with Gasteiger partial charge in [-0.3, -0.25) is 0 Å². The van der Waals surface area contributed by atoms with Crippen molar-refractivity contribution in [2.45, 2.75) is 13.1 Å². The molecule has 8 nitrogen and oxygen atoms in total. The Kier molecular flexibility index (Phi) is 7.25. The summed E-state index contributed by atoms with van der Waals surface area (Å²) in [6.07, 6.45) is 2.22. The van der Waals surface area contributed by atoms with Gasteiger partial charge >= 0.3 is 7.69 Å². The molecular weight excluding hydrogens is 391 g/mol. The van der Waals surface area contributed by atoms with Gasteiger partial charge in [-0.2, -0.15) is 0 Å². The molecule has 0 bridgehead atoms. The Morgan fingerprint density at radius 2 is 1.04 bits per heavy atom. The highest BCUT2D eigenvalue weighted by Crippen LogP contribution is 2.14. The molecule has 2 rings (SSSR count). The quantitative estimate of drug-likeness (QED) is 0.551. The summed E-state index contributed by atoms with van der Waals surface area (Å²) in [6, 6.07) is 13.9. The normalized spacial score (nSPS) is 11.8. The summed E-state index contributed by atoms with van der Waals surface area (Å²) in [5, 5.41) is 0. The fourth-order valence-corrected chi connectivity index (χ4v) is 2.86. The molecule has 0 unspecified atom stereocenters. The molecule has 0 aromatic heterocycles. The molecule has 0 heterocycles. The van der Waals surface area contributed by atoms with Crippen molar-refractivity contribution >= 4 is 27.7 Å². The average molecular weight is 412 g/mol. The predicted molar refractivity (Wildman–Crippen MR) is 105 cm³/mol. The molecule has 0 aliphatic heterocycles. The molecule has 0 aliphatic carbocycles. The Morgan fingerprint density at radius 1 is 0.704 bits per heavy atom. The van der Waals surface area contributed by atoms with Crippen LogP contribution in [0.1, 0.15) is 11.1 Å². The van der Waals surface area contributed by atoms with Crippen molar-refractivity contribution < 1.29 is 26.1 Å². The number of rotatable bonds is 10. The maximum absolute atomic E-state index is 11.1. The molecule has 11 heteroatoms. The molecule has 0 spiro atoms. The van der Waals surface area contributed by atoms with Gasteiger partial charge in [0, 0.05) is 13.1 Å². The molecule has 0 saturated carbocycles. The summed E-state index contributed by atoms with van der Waals surface area (Å²) < 4.78 is 60.1. The number of hydrogen-bond acceptors (Lipinski definition) is 6. The number of benzene rings is 2. The van der Waals surface area contributed by atoms with Crippen molar-refractivity contribution in [3.8, 4) is 11.5 Å². The molecule has 0 amide bonds. The van der Waals surface area contributed by atoms with Crippen molar-refractivity contribution in [1.82, 2.24) is 9.44 Å². The van der Waals surface area contributed by atoms with Gasteiger partial charge in [-0.25, -0.2) is 26.3 Å². The first-order chi connectivity index (χ1) is 12.6. The maximum Gasteiger partial charge on any atom is 0.576 e. The molecule has 146 valence electrons. The molecule has 2 aromatic rings. The van der Waals surface area contributed by atoms with E-state index in [1.807, 2.05) is 0 Å². The highest BCUT2D eigenvalue weighted by atomic mass is 32.2. The standard InChI is InChI=1S/C16H21BN2O6S2/c1-26(20,21)18-11-13-3-7-15(8-4-13)24-17-25-16-9-5-14(6-10-16)12-19-27(2,22)23/h3-10,17-19H,11-12H2,1-2H3. The highest BCUT2D eigenvalue weighted by molar-refractivity contribution is 7.88. The van der Waals surface area contributed by atoms with Crippen LogP contribution in [0.2, 0.25) is 0 Å². The third-order valence-corrected chi connectivity index (χ3v) is 4.71. The lowest BCUT2D eigenvalue weighted by Crippen LogP contribution is -2.21. The lowest BCUT2D eigenvalue weighted by Gasteiger charge is -2.09. The zero-order valence-electron chi connectivity index (χ0n) is 15.0. The number of nitrogens with one attached hydrogen (secondary N) is 2. The third-order valence-electron chi connectivity index (χ3n) is 3.37. The second-order valence-corrected chi connectivity index (χ2v) is 9.55. The lowest BCUT2D eigenvalue weighted by molar-refractivity contribution is 0.459. The van der Waals surface area contributed by atoms with Gasteiger partial charge in [0.15, 0.2) is 0 Å².